The predicted octanol–water partition coefficient (Wildman–Crippen LogP) is 3.01. The van der Waals surface area contributed by atoms with Gasteiger partial charge in [-0.3, -0.25) is 9.59 Å². The van der Waals surface area contributed by atoms with E-state index in [0.717, 1.165) is 0 Å². The summed E-state index contributed by atoms with van der Waals surface area (Å²) in [6.07, 6.45) is 1.32. The van der Waals surface area contributed by atoms with Crippen molar-refractivity contribution in [2.45, 2.75) is 0 Å². The van der Waals surface area contributed by atoms with Crippen LogP contribution in [0.5, 0.6) is 17.2 Å². The van der Waals surface area contributed by atoms with Gasteiger partial charge in [-0.15, -0.1) is 0 Å². The molecule has 0 bridgehead atoms. The Balaban J connectivity index is 1.58. The normalized spacial score (nSPS) is 10.4. The Morgan fingerprint density at radius 1 is 0.818 bits per heavy atom. The lowest BCUT2D eigenvalue weighted by atomic mass is 10.2. The van der Waals surface area contributed by atoms with Crippen LogP contribution in [-0.4, -0.2) is 38.2 Å². The Bertz CT molecular complexity index is 1180. The fraction of sp³-hybridized carbons (Fsp3) is 0.0833. The molecule has 33 heavy (non-hydrogen) atoms. The third-order valence-corrected chi connectivity index (χ3v) is 4.32. The van der Waals surface area contributed by atoms with Gasteiger partial charge in [0.25, 0.3) is 0 Å². The van der Waals surface area contributed by atoms with Crippen LogP contribution < -0.4 is 25.0 Å². The fourth-order valence-corrected chi connectivity index (χ4v) is 2.71. The molecule has 0 aliphatic heterocycles. The number of amides is 2. The lowest BCUT2D eigenvalue weighted by molar-refractivity contribution is -0.136. The number of nitrogens with one attached hydrogen (secondary N) is 2. The van der Waals surface area contributed by atoms with Gasteiger partial charge >= 0.3 is 17.8 Å². The molecule has 168 valence electrons. The zero-order chi connectivity index (χ0) is 23.6. The number of nitrogens with zero attached hydrogens (tertiary/aromatic N) is 1. The first-order chi connectivity index (χ1) is 16.0. The molecule has 0 unspecified atom stereocenters. The highest BCUT2D eigenvalue weighted by Gasteiger charge is 2.16. The van der Waals surface area contributed by atoms with Crippen molar-refractivity contribution in [1.82, 2.24) is 5.43 Å². The summed E-state index contributed by atoms with van der Waals surface area (Å²) in [5.74, 6) is -1.27. The number of hydrogen-bond donors (Lipinski definition) is 2. The third-order valence-electron chi connectivity index (χ3n) is 4.32. The number of hydrogen-bond acceptors (Lipinski definition) is 7. The Morgan fingerprint density at radius 2 is 1.61 bits per heavy atom. The topological polar surface area (TPSA) is 115 Å². The van der Waals surface area contributed by atoms with Crippen LogP contribution in [0.2, 0.25) is 0 Å². The molecular weight excluding hydrogens is 426 g/mol. The smallest absolute Gasteiger partial charge is 0.343 e. The Labute approximate surface area is 190 Å². The van der Waals surface area contributed by atoms with Gasteiger partial charge in [-0.2, -0.15) is 5.10 Å². The van der Waals surface area contributed by atoms with Gasteiger partial charge in [-0.25, -0.2) is 10.2 Å². The second-order valence-electron chi connectivity index (χ2n) is 6.55. The van der Waals surface area contributed by atoms with E-state index >= 15 is 0 Å². The number of rotatable bonds is 7. The molecule has 0 heterocycles. The minimum absolute atomic E-state index is 0.272. The van der Waals surface area contributed by atoms with E-state index in [0.29, 0.717) is 28.4 Å². The van der Waals surface area contributed by atoms with Crippen LogP contribution in [-0.2, 0) is 9.59 Å². The summed E-state index contributed by atoms with van der Waals surface area (Å²) >= 11 is 0. The maximum Gasteiger partial charge on any atom is 0.343 e. The van der Waals surface area contributed by atoms with Crippen LogP contribution in [0.3, 0.4) is 0 Å². The molecule has 0 saturated carbocycles. The summed E-state index contributed by atoms with van der Waals surface area (Å²) < 4.78 is 15.6. The lowest BCUT2D eigenvalue weighted by Crippen LogP contribution is -2.32. The van der Waals surface area contributed by atoms with Crippen LogP contribution in [0.25, 0.3) is 0 Å². The number of esters is 1. The highest BCUT2D eigenvalue weighted by Crippen LogP contribution is 2.28. The van der Waals surface area contributed by atoms with Gasteiger partial charge in [0.15, 0.2) is 0 Å². The van der Waals surface area contributed by atoms with E-state index in [4.69, 9.17) is 14.2 Å². The molecule has 3 aromatic rings. The second kappa shape index (κ2) is 11.1. The molecule has 0 spiro atoms. The molecule has 0 atom stereocenters. The minimum Gasteiger partial charge on any atom is -0.497 e. The number of carbonyl (C=O) groups is 3. The van der Waals surface area contributed by atoms with E-state index in [1.54, 1.807) is 66.7 Å². The summed E-state index contributed by atoms with van der Waals surface area (Å²) in [4.78, 5) is 36.4. The zero-order valence-corrected chi connectivity index (χ0v) is 17.9. The van der Waals surface area contributed by atoms with E-state index in [1.165, 1.54) is 26.5 Å². The Morgan fingerprint density at radius 3 is 2.33 bits per heavy atom. The van der Waals surface area contributed by atoms with E-state index in [1.807, 2.05) is 0 Å². The molecule has 0 fully saturated rings. The van der Waals surface area contributed by atoms with Gasteiger partial charge in [0.2, 0.25) is 0 Å². The average Bonchev–Trinajstić information content (AvgIpc) is 2.84. The zero-order valence-electron chi connectivity index (χ0n) is 17.9. The quantitative estimate of drug-likeness (QED) is 0.189. The molecule has 9 heteroatoms. The van der Waals surface area contributed by atoms with Crippen molar-refractivity contribution in [3.8, 4) is 17.2 Å². The van der Waals surface area contributed by atoms with Crippen LogP contribution in [0.4, 0.5) is 5.69 Å². The fourth-order valence-electron chi connectivity index (χ4n) is 2.71. The first kappa shape index (κ1) is 23.0. The Kier molecular flexibility index (Phi) is 7.74. The van der Waals surface area contributed by atoms with Crippen molar-refractivity contribution in [1.29, 1.82) is 0 Å². The van der Waals surface area contributed by atoms with Crippen molar-refractivity contribution >= 4 is 29.7 Å². The molecule has 0 aliphatic carbocycles. The molecule has 3 rings (SSSR count). The first-order valence-corrected chi connectivity index (χ1v) is 9.74. The molecule has 0 aliphatic rings. The van der Waals surface area contributed by atoms with Crippen LogP contribution in [0.1, 0.15) is 15.9 Å². The highest BCUT2D eigenvalue weighted by molar-refractivity contribution is 6.39. The molecular formula is C24H21N3O6. The average molecular weight is 447 g/mol. The van der Waals surface area contributed by atoms with Gasteiger partial charge in [-0.1, -0.05) is 30.3 Å². The van der Waals surface area contributed by atoms with Gasteiger partial charge in [0, 0.05) is 6.07 Å². The van der Waals surface area contributed by atoms with E-state index in [-0.39, 0.29) is 5.69 Å². The largest absolute Gasteiger partial charge is 0.497 e. The number of carbonyl (C=O) groups excluding carboxylic acids is 3. The van der Waals surface area contributed by atoms with Crippen LogP contribution in [0, 0.1) is 0 Å². The van der Waals surface area contributed by atoms with Gasteiger partial charge in [0.05, 0.1) is 31.7 Å². The molecule has 3 aromatic carbocycles. The van der Waals surface area contributed by atoms with Gasteiger partial charge in [0.1, 0.15) is 17.2 Å². The van der Waals surface area contributed by atoms with E-state index in [9.17, 15) is 14.4 Å². The summed E-state index contributed by atoms with van der Waals surface area (Å²) in [6, 6.07) is 19.9. The highest BCUT2D eigenvalue weighted by atomic mass is 16.5. The number of benzene rings is 3. The van der Waals surface area contributed by atoms with Crippen molar-refractivity contribution in [2.24, 2.45) is 5.10 Å². The van der Waals surface area contributed by atoms with E-state index in [2.05, 4.69) is 15.8 Å². The number of anilines is 1. The minimum atomic E-state index is -0.984. The monoisotopic (exact) mass is 447 g/mol. The number of hydrazone groups is 1. The first-order valence-electron chi connectivity index (χ1n) is 9.74. The Hall–Kier alpha value is -4.66. The molecule has 2 N–H and O–H groups in total. The summed E-state index contributed by atoms with van der Waals surface area (Å²) in [7, 11) is 2.92. The molecule has 2 amide bonds. The molecule has 0 radical (unpaired) electrons. The number of ether oxygens (including phenoxy) is 3. The third kappa shape index (κ3) is 6.41. The second-order valence-corrected chi connectivity index (χ2v) is 6.55. The van der Waals surface area contributed by atoms with Crippen LogP contribution in [0.15, 0.2) is 77.9 Å². The van der Waals surface area contributed by atoms with Crippen molar-refractivity contribution < 1.29 is 28.6 Å². The van der Waals surface area contributed by atoms with Crippen molar-refractivity contribution in [2.75, 3.05) is 19.5 Å². The molecule has 0 aromatic heterocycles. The lowest BCUT2D eigenvalue weighted by Gasteiger charge is -2.11. The SMILES string of the molecule is COc1ccc(OC)c(NC(=O)C(=O)N/N=C/c2cccc(OC(=O)c3ccccc3)c2)c1. The van der Waals surface area contributed by atoms with Crippen molar-refractivity contribution in [3.05, 3.63) is 83.9 Å². The van der Waals surface area contributed by atoms with Crippen molar-refractivity contribution in [3.63, 3.8) is 0 Å². The van der Waals surface area contributed by atoms with Gasteiger partial charge in [-0.05, 0) is 42.0 Å². The van der Waals surface area contributed by atoms with Crippen LogP contribution >= 0.6 is 0 Å². The number of methoxy groups -OCH3 is 2. The maximum absolute atomic E-state index is 12.2. The van der Waals surface area contributed by atoms with E-state index < -0.39 is 17.8 Å². The standard InChI is InChI=1S/C24H21N3O6/c1-31-18-11-12-21(32-2)20(14-18)26-22(28)23(29)27-25-15-16-7-6-10-19(13-16)33-24(30)17-8-4-3-5-9-17/h3-15H,1-2H3,(H,26,28)(H,27,29)/b25-15+. The maximum atomic E-state index is 12.2. The predicted molar refractivity (Wildman–Crippen MR) is 122 cm³/mol. The summed E-state index contributed by atoms with van der Waals surface area (Å²) in [6.45, 7) is 0. The molecule has 9 nitrogen and oxygen atoms in total. The molecule has 0 saturated heterocycles. The summed E-state index contributed by atoms with van der Waals surface area (Å²) in [5, 5.41) is 6.22. The summed E-state index contributed by atoms with van der Waals surface area (Å²) in [5.41, 5.74) is 3.38. The van der Waals surface area contributed by atoms with Gasteiger partial charge < -0.3 is 19.5 Å².